The number of rotatable bonds is 5. The normalized spacial score (nSPS) is 12.3. The largest absolute Gasteiger partial charge is 0.398 e. The molecule has 0 radical (unpaired) electrons. The van der Waals surface area contributed by atoms with Crippen molar-refractivity contribution in [2.75, 3.05) is 12.8 Å². The minimum absolute atomic E-state index is 0.0327. The van der Waals surface area contributed by atoms with Crippen molar-refractivity contribution in [3.8, 4) is 11.5 Å². The molecule has 1 aromatic heterocycles. The van der Waals surface area contributed by atoms with E-state index in [1.54, 1.807) is 7.11 Å². The van der Waals surface area contributed by atoms with Gasteiger partial charge in [-0.05, 0) is 13.0 Å². The fraction of sp³-hybridized carbons (Fsp3) is 0.333. The molecular weight excluding hydrogens is 264 g/mol. The summed E-state index contributed by atoms with van der Waals surface area (Å²) in [4.78, 5) is 14.3. The second kappa shape index (κ2) is 5.66. The van der Waals surface area contributed by atoms with Crippen molar-refractivity contribution in [1.29, 1.82) is 0 Å². The lowest BCUT2D eigenvalue weighted by Gasteiger charge is -2.04. The predicted molar refractivity (Wildman–Crippen MR) is 71.0 cm³/mol. The van der Waals surface area contributed by atoms with Gasteiger partial charge in [0.15, 0.2) is 5.82 Å². The summed E-state index contributed by atoms with van der Waals surface area (Å²) in [5.74, 6) is 0.725. The Kier molecular flexibility index (Phi) is 3.94. The highest BCUT2D eigenvalue weighted by Crippen LogP contribution is 2.28. The molecule has 1 heterocycles. The zero-order valence-corrected chi connectivity index (χ0v) is 11.1. The minimum Gasteiger partial charge on any atom is -0.398 e. The molecule has 2 N–H and O–H groups in total. The van der Waals surface area contributed by atoms with Crippen LogP contribution in [0.25, 0.3) is 11.5 Å². The van der Waals surface area contributed by atoms with Crippen LogP contribution in [0.3, 0.4) is 0 Å². The first-order valence-corrected chi connectivity index (χ1v) is 5.91. The molecule has 1 unspecified atom stereocenters. The lowest BCUT2D eigenvalue weighted by molar-refractivity contribution is -0.384. The molecule has 8 nitrogen and oxygen atoms in total. The lowest BCUT2D eigenvalue weighted by atomic mass is 10.1. The monoisotopic (exact) mass is 278 g/mol. The topological polar surface area (TPSA) is 117 Å². The van der Waals surface area contributed by atoms with E-state index in [0.717, 1.165) is 0 Å². The molecule has 0 fully saturated rings. The molecule has 0 aliphatic rings. The van der Waals surface area contributed by atoms with E-state index in [9.17, 15) is 10.1 Å². The first-order valence-electron chi connectivity index (χ1n) is 5.91. The zero-order valence-electron chi connectivity index (χ0n) is 11.1. The zero-order chi connectivity index (χ0) is 14.7. The molecule has 1 atom stereocenters. The number of anilines is 1. The highest BCUT2D eigenvalue weighted by Gasteiger charge is 2.16. The van der Waals surface area contributed by atoms with Gasteiger partial charge in [-0.15, -0.1) is 0 Å². The summed E-state index contributed by atoms with van der Waals surface area (Å²) < 4.78 is 10.2. The highest BCUT2D eigenvalue weighted by molar-refractivity contribution is 5.72. The molecule has 20 heavy (non-hydrogen) atoms. The number of methoxy groups -OCH3 is 1. The van der Waals surface area contributed by atoms with Crippen LogP contribution in [-0.4, -0.2) is 28.3 Å². The van der Waals surface area contributed by atoms with Gasteiger partial charge in [0.2, 0.25) is 0 Å². The summed E-state index contributed by atoms with van der Waals surface area (Å²) in [7, 11) is 1.60. The number of benzene rings is 1. The van der Waals surface area contributed by atoms with Crippen molar-refractivity contribution in [2.45, 2.75) is 19.4 Å². The third kappa shape index (κ3) is 2.91. The van der Waals surface area contributed by atoms with E-state index in [0.29, 0.717) is 17.8 Å². The number of non-ortho nitro benzene ring substituents is 1. The molecule has 0 bridgehead atoms. The second-order valence-corrected chi connectivity index (χ2v) is 4.29. The molecule has 8 heteroatoms. The fourth-order valence-corrected chi connectivity index (χ4v) is 1.65. The number of ether oxygens (including phenoxy) is 1. The maximum Gasteiger partial charge on any atom is 0.271 e. The van der Waals surface area contributed by atoms with Crippen molar-refractivity contribution >= 4 is 11.4 Å². The van der Waals surface area contributed by atoms with Crippen LogP contribution >= 0.6 is 0 Å². The van der Waals surface area contributed by atoms with Crippen molar-refractivity contribution in [3.63, 3.8) is 0 Å². The molecule has 0 aliphatic heterocycles. The summed E-state index contributed by atoms with van der Waals surface area (Å²) in [6.45, 7) is 1.89. The molecule has 0 spiro atoms. The van der Waals surface area contributed by atoms with Crippen molar-refractivity contribution in [1.82, 2.24) is 10.1 Å². The van der Waals surface area contributed by atoms with Gasteiger partial charge in [0.05, 0.1) is 22.3 Å². The van der Waals surface area contributed by atoms with Gasteiger partial charge in [0.25, 0.3) is 11.6 Å². The van der Waals surface area contributed by atoms with E-state index < -0.39 is 4.92 Å². The van der Waals surface area contributed by atoms with E-state index in [1.807, 2.05) is 6.92 Å². The van der Waals surface area contributed by atoms with Gasteiger partial charge in [0.1, 0.15) is 0 Å². The Balaban J connectivity index is 2.26. The highest BCUT2D eigenvalue weighted by atomic mass is 16.6. The van der Waals surface area contributed by atoms with Crippen molar-refractivity contribution in [2.24, 2.45) is 0 Å². The van der Waals surface area contributed by atoms with Crippen LogP contribution in [0.1, 0.15) is 12.7 Å². The Hall–Kier alpha value is -2.48. The summed E-state index contributed by atoms with van der Waals surface area (Å²) >= 11 is 0. The van der Waals surface area contributed by atoms with Crippen LogP contribution in [0.2, 0.25) is 0 Å². The number of hydrogen-bond acceptors (Lipinski definition) is 7. The number of nitrogens with two attached hydrogens (primary N) is 1. The molecule has 0 saturated carbocycles. The average Bonchev–Trinajstić information content (AvgIpc) is 2.86. The Morgan fingerprint density at radius 2 is 2.30 bits per heavy atom. The quantitative estimate of drug-likeness (QED) is 0.503. The van der Waals surface area contributed by atoms with Crippen LogP contribution in [-0.2, 0) is 11.2 Å². The molecule has 0 amide bonds. The Labute approximate surface area is 114 Å². The number of nitro benzene ring substituents is 1. The molecule has 1 aromatic carbocycles. The standard InChI is InChI=1S/C12H14N4O4/c1-7(19-2)5-11-14-12(20-15-11)9-4-3-8(16(17)18)6-10(9)13/h3-4,6-7H,5,13H2,1-2H3. The second-order valence-electron chi connectivity index (χ2n) is 4.29. The molecule has 2 rings (SSSR count). The number of nitro groups is 1. The molecular formula is C12H14N4O4. The third-order valence-corrected chi connectivity index (χ3v) is 2.82. The van der Waals surface area contributed by atoms with Gasteiger partial charge in [-0.25, -0.2) is 0 Å². The van der Waals surface area contributed by atoms with Gasteiger partial charge in [-0.1, -0.05) is 5.16 Å². The van der Waals surface area contributed by atoms with Gasteiger partial charge in [-0.2, -0.15) is 4.98 Å². The summed E-state index contributed by atoms with van der Waals surface area (Å²) in [6.07, 6.45) is 0.474. The van der Waals surface area contributed by atoms with Crippen molar-refractivity contribution < 1.29 is 14.2 Å². The van der Waals surface area contributed by atoms with Crippen molar-refractivity contribution in [3.05, 3.63) is 34.1 Å². The maximum absolute atomic E-state index is 10.6. The lowest BCUT2D eigenvalue weighted by Crippen LogP contribution is -2.09. The van der Waals surface area contributed by atoms with E-state index in [4.69, 9.17) is 15.0 Å². The van der Waals surface area contributed by atoms with Crippen LogP contribution < -0.4 is 5.73 Å². The van der Waals surface area contributed by atoms with Gasteiger partial charge >= 0.3 is 0 Å². The molecule has 2 aromatic rings. The maximum atomic E-state index is 10.6. The fourth-order valence-electron chi connectivity index (χ4n) is 1.65. The van der Waals surface area contributed by atoms with E-state index >= 15 is 0 Å². The third-order valence-electron chi connectivity index (χ3n) is 2.82. The summed E-state index contributed by atoms with van der Waals surface area (Å²) in [6, 6.07) is 4.09. The summed E-state index contributed by atoms with van der Waals surface area (Å²) in [5.41, 5.74) is 6.38. The smallest absolute Gasteiger partial charge is 0.271 e. The Morgan fingerprint density at radius 1 is 1.55 bits per heavy atom. The molecule has 106 valence electrons. The van der Waals surface area contributed by atoms with Crippen LogP contribution in [0.15, 0.2) is 22.7 Å². The average molecular weight is 278 g/mol. The minimum atomic E-state index is -0.514. The molecule has 0 aliphatic carbocycles. The Bertz CT molecular complexity index is 626. The van der Waals surface area contributed by atoms with Crippen LogP contribution in [0.5, 0.6) is 0 Å². The Morgan fingerprint density at radius 3 is 2.90 bits per heavy atom. The van der Waals surface area contributed by atoms with Crippen LogP contribution in [0.4, 0.5) is 11.4 Å². The number of hydrogen-bond donors (Lipinski definition) is 1. The predicted octanol–water partition coefficient (Wildman–Crippen LogP) is 1.80. The van der Waals surface area contributed by atoms with Gasteiger partial charge in [-0.3, -0.25) is 10.1 Å². The van der Waals surface area contributed by atoms with E-state index in [-0.39, 0.29) is 23.4 Å². The first-order chi connectivity index (χ1) is 9.51. The number of aromatic nitrogens is 2. The van der Waals surface area contributed by atoms with E-state index in [1.165, 1.54) is 18.2 Å². The van der Waals surface area contributed by atoms with Gasteiger partial charge in [0, 0.05) is 25.7 Å². The number of nitrogens with zero attached hydrogens (tertiary/aromatic N) is 3. The number of nitrogen functional groups attached to an aromatic ring is 1. The SMILES string of the molecule is COC(C)Cc1noc(-c2ccc([N+](=O)[O-])cc2N)n1. The summed E-state index contributed by atoms with van der Waals surface area (Å²) in [5, 5.41) is 14.5. The first kappa shape index (κ1) is 13.9. The van der Waals surface area contributed by atoms with Gasteiger partial charge < -0.3 is 15.0 Å². The molecule has 0 saturated heterocycles. The van der Waals surface area contributed by atoms with E-state index in [2.05, 4.69) is 10.1 Å². The van der Waals surface area contributed by atoms with Crippen LogP contribution in [0, 0.1) is 10.1 Å².